The fourth-order valence-corrected chi connectivity index (χ4v) is 2.61. The zero-order valence-corrected chi connectivity index (χ0v) is 13.0. The number of rotatable bonds is 8. The smallest absolute Gasteiger partial charge is 0.119 e. The molecule has 1 unspecified atom stereocenters. The van der Waals surface area contributed by atoms with Crippen molar-refractivity contribution >= 4 is 0 Å². The van der Waals surface area contributed by atoms with E-state index in [1.54, 1.807) is 5.57 Å². The third kappa shape index (κ3) is 6.32. The van der Waals surface area contributed by atoms with Gasteiger partial charge in [0.05, 0.1) is 0 Å². The molecule has 0 bridgehead atoms. The second kappa shape index (κ2) is 8.85. The summed E-state index contributed by atoms with van der Waals surface area (Å²) in [7, 11) is 0. The number of aliphatic hydroxyl groups excluding tert-OH is 1. The minimum absolute atomic E-state index is 0.332. The van der Waals surface area contributed by atoms with E-state index in [0.29, 0.717) is 13.2 Å². The van der Waals surface area contributed by atoms with E-state index < -0.39 is 6.10 Å². The van der Waals surface area contributed by atoms with E-state index in [2.05, 4.69) is 11.4 Å². The van der Waals surface area contributed by atoms with Gasteiger partial charge in [-0.15, -0.1) is 0 Å². The van der Waals surface area contributed by atoms with Crippen LogP contribution in [0, 0.1) is 6.92 Å². The Labute approximate surface area is 128 Å². The van der Waals surface area contributed by atoms with Crippen LogP contribution in [0.2, 0.25) is 0 Å². The number of ether oxygens (including phenoxy) is 1. The summed E-state index contributed by atoms with van der Waals surface area (Å²) >= 11 is 0. The molecule has 0 amide bonds. The molecule has 116 valence electrons. The van der Waals surface area contributed by atoms with E-state index in [4.69, 9.17) is 4.74 Å². The quantitative estimate of drug-likeness (QED) is 0.570. The topological polar surface area (TPSA) is 41.5 Å². The molecule has 3 heteroatoms. The third-order valence-electron chi connectivity index (χ3n) is 3.82. The van der Waals surface area contributed by atoms with E-state index in [1.165, 1.54) is 31.2 Å². The monoisotopic (exact) mass is 289 g/mol. The van der Waals surface area contributed by atoms with E-state index in [9.17, 15) is 5.11 Å². The number of hydrogen-bond acceptors (Lipinski definition) is 3. The van der Waals surface area contributed by atoms with Gasteiger partial charge in [-0.1, -0.05) is 23.8 Å². The maximum atomic E-state index is 9.91. The number of hydrogen-bond donors (Lipinski definition) is 2. The van der Waals surface area contributed by atoms with Crippen molar-refractivity contribution in [2.24, 2.45) is 0 Å². The van der Waals surface area contributed by atoms with Crippen molar-refractivity contribution in [2.75, 3.05) is 19.7 Å². The normalized spacial score (nSPS) is 16.4. The van der Waals surface area contributed by atoms with Gasteiger partial charge in [0.2, 0.25) is 0 Å². The highest BCUT2D eigenvalue weighted by Crippen LogP contribution is 2.19. The van der Waals surface area contributed by atoms with Crippen LogP contribution in [0.3, 0.4) is 0 Å². The predicted octanol–water partition coefficient (Wildman–Crippen LogP) is 3.21. The van der Waals surface area contributed by atoms with Crippen molar-refractivity contribution in [3.05, 3.63) is 41.5 Å². The number of allylic oxidation sites excluding steroid dienone is 1. The van der Waals surface area contributed by atoms with E-state index >= 15 is 0 Å². The van der Waals surface area contributed by atoms with Crippen molar-refractivity contribution in [3.8, 4) is 5.75 Å². The van der Waals surface area contributed by atoms with Crippen molar-refractivity contribution in [2.45, 2.75) is 45.1 Å². The molecule has 1 aliphatic rings. The van der Waals surface area contributed by atoms with Gasteiger partial charge in [0, 0.05) is 6.54 Å². The molecule has 0 aromatic heterocycles. The second-order valence-electron chi connectivity index (χ2n) is 5.84. The van der Waals surface area contributed by atoms with Crippen molar-refractivity contribution < 1.29 is 9.84 Å². The summed E-state index contributed by atoms with van der Waals surface area (Å²) in [5.41, 5.74) is 2.74. The Balaban J connectivity index is 1.57. The summed E-state index contributed by atoms with van der Waals surface area (Å²) in [4.78, 5) is 0. The first-order chi connectivity index (χ1) is 10.2. The van der Waals surface area contributed by atoms with Gasteiger partial charge in [-0.25, -0.2) is 0 Å². The zero-order valence-electron chi connectivity index (χ0n) is 13.0. The zero-order chi connectivity index (χ0) is 14.9. The van der Waals surface area contributed by atoms with Crippen molar-refractivity contribution in [3.63, 3.8) is 0 Å². The van der Waals surface area contributed by atoms with Crippen LogP contribution in [0.1, 0.15) is 37.7 Å². The van der Waals surface area contributed by atoms with Gasteiger partial charge in [-0.2, -0.15) is 0 Å². The van der Waals surface area contributed by atoms with Gasteiger partial charge < -0.3 is 15.2 Å². The van der Waals surface area contributed by atoms with Crippen LogP contribution in [0.15, 0.2) is 35.9 Å². The molecular formula is C18H27NO2. The lowest BCUT2D eigenvalue weighted by Crippen LogP contribution is -2.32. The Bertz CT molecular complexity index is 456. The summed E-state index contributed by atoms with van der Waals surface area (Å²) in [6, 6.07) is 7.90. The molecule has 0 radical (unpaired) electrons. The summed E-state index contributed by atoms with van der Waals surface area (Å²) in [6.45, 7) is 3.89. The van der Waals surface area contributed by atoms with E-state index in [1.807, 2.05) is 31.2 Å². The molecule has 2 N–H and O–H groups in total. The summed E-state index contributed by atoms with van der Waals surface area (Å²) < 4.78 is 5.59. The molecule has 0 aliphatic heterocycles. The number of aliphatic hydroxyl groups is 1. The lowest BCUT2D eigenvalue weighted by molar-refractivity contribution is 0.106. The van der Waals surface area contributed by atoms with Gasteiger partial charge in [-0.05, 0) is 63.3 Å². The molecule has 21 heavy (non-hydrogen) atoms. The Kier molecular flexibility index (Phi) is 6.77. The molecular weight excluding hydrogens is 262 g/mol. The molecule has 0 fully saturated rings. The molecule has 0 saturated heterocycles. The first kappa shape index (κ1) is 16.1. The maximum absolute atomic E-state index is 9.91. The highest BCUT2D eigenvalue weighted by atomic mass is 16.5. The minimum atomic E-state index is -0.467. The molecule has 1 aliphatic carbocycles. The SMILES string of the molecule is Cc1cccc(OCC(O)CNCCC2=CCCCC2)c1. The number of benzene rings is 1. The molecule has 2 rings (SSSR count). The van der Waals surface area contributed by atoms with Crippen molar-refractivity contribution in [1.29, 1.82) is 0 Å². The average Bonchev–Trinajstić information content (AvgIpc) is 2.51. The molecule has 3 nitrogen and oxygen atoms in total. The van der Waals surface area contributed by atoms with Crippen LogP contribution < -0.4 is 10.1 Å². The predicted molar refractivity (Wildman–Crippen MR) is 86.7 cm³/mol. The first-order valence-electron chi connectivity index (χ1n) is 8.00. The number of nitrogens with one attached hydrogen (secondary N) is 1. The summed E-state index contributed by atoms with van der Waals surface area (Å²) in [6.07, 6.45) is 8.17. The van der Waals surface area contributed by atoms with Crippen LogP contribution in [-0.4, -0.2) is 30.9 Å². The largest absolute Gasteiger partial charge is 0.491 e. The van der Waals surface area contributed by atoms with E-state index in [-0.39, 0.29) is 0 Å². The van der Waals surface area contributed by atoms with Crippen LogP contribution >= 0.6 is 0 Å². The lowest BCUT2D eigenvalue weighted by Gasteiger charge is -2.15. The fraction of sp³-hybridized carbons (Fsp3) is 0.556. The van der Waals surface area contributed by atoms with Gasteiger partial charge in [0.1, 0.15) is 18.5 Å². The van der Waals surface area contributed by atoms with Crippen LogP contribution in [0.5, 0.6) is 5.75 Å². The molecule has 1 atom stereocenters. The molecule has 0 saturated carbocycles. The van der Waals surface area contributed by atoms with E-state index in [0.717, 1.165) is 18.7 Å². The van der Waals surface area contributed by atoms with Crippen LogP contribution in [-0.2, 0) is 0 Å². The fourth-order valence-electron chi connectivity index (χ4n) is 2.61. The summed E-state index contributed by atoms with van der Waals surface area (Å²) in [5, 5.41) is 13.2. The lowest BCUT2D eigenvalue weighted by atomic mass is 9.97. The summed E-state index contributed by atoms with van der Waals surface area (Å²) in [5.74, 6) is 0.821. The minimum Gasteiger partial charge on any atom is -0.491 e. The van der Waals surface area contributed by atoms with Crippen LogP contribution in [0.25, 0.3) is 0 Å². The Morgan fingerprint density at radius 1 is 1.33 bits per heavy atom. The highest BCUT2D eigenvalue weighted by Gasteiger charge is 2.06. The van der Waals surface area contributed by atoms with Gasteiger partial charge in [-0.3, -0.25) is 0 Å². The Morgan fingerprint density at radius 3 is 3.00 bits per heavy atom. The molecule has 0 spiro atoms. The maximum Gasteiger partial charge on any atom is 0.119 e. The van der Waals surface area contributed by atoms with Gasteiger partial charge in [0.15, 0.2) is 0 Å². The van der Waals surface area contributed by atoms with Gasteiger partial charge >= 0.3 is 0 Å². The Hall–Kier alpha value is -1.32. The van der Waals surface area contributed by atoms with Crippen LogP contribution in [0.4, 0.5) is 0 Å². The molecule has 1 aromatic carbocycles. The Morgan fingerprint density at radius 2 is 2.24 bits per heavy atom. The number of aryl methyl sites for hydroxylation is 1. The van der Waals surface area contributed by atoms with Gasteiger partial charge in [0.25, 0.3) is 0 Å². The molecule has 1 aromatic rings. The highest BCUT2D eigenvalue weighted by molar-refractivity contribution is 5.27. The first-order valence-corrected chi connectivity index (χ1v) is 8.00. The van der Waals surface area contributed by atoms with Crippen molar-refractivity contribution in [1.82, 2.24) is 5.32 Å². The third-order valence-corrected chi connectivity index (χ3v) is 3.82. The second-order valence-corrected chi connectivity index (χ2v) is 5.84. The molecule has 0 heterocycles. The average molecular weight is 289 g/mol. The standard InChI is InChI=1S/C18H27NO2/c1-15-6-5-9-18(12-15)21-14-17(20)13-19-11-10-16-7-3-2-4-8-16/h5-7,9,12,17,19-20H,2-4,8,10-11,13-14H2,1H3.